The summed E-state index contributed by atoms with van der Waals surface area (Å²) in [6, 6.07) is 0. The first-order chi connectivity index (χ1) is 3.56. The van der Waals surface area contributed by atoms with E-state index >= 15 is 0 Å². The standard InChI is InChI=1S/C4H5Br3O/c5-4(6,7)2-1-3-8/h1,3,8H,2H2. The number of aliphatic hydroxyl groups excluding tert-OH is 1. The Kier molecular flexibility index (Phi) is 4.38. The average molecular weight is 309 g/mol. The first-order valence-electron chi connectivity index (χ1n) is 1.92. The number of rotatable bonds is 1. The van der Waals surface area contributed by atoms with Crippen molar-refractivity contribution in [3.63, 3.8) is 0 Å². The van der Waals surface area contributed by atoms with Crippen molar-refractivity contribution in [3.8, 4) is 0 Å². The van der Waals surface area contributed by atoms with E-state index in [1.165, 1.54) is 0 Å². The van der Waals surface area contributed by atoms with Gasteiger partial charge in [-0.05, 0) is 6.08 Å². The van der Waals surface area contributed by atoms with Crippen molar-refractivity contribution in [2.24, 2.45) is 0 Å². The monoisotopic (exact) mass is 306 g/mol. The lowest BCUT2D eigenvalue weighted by atomic mass is 10.5. The zero-order valence-corrected chi connectivity index (χ0v) is 8.70. The molecule has 0 saturated heterocycles. The smallest absolute Gasteiger partial charge is 0.138 e. The molecule has 0 rings (SSSR count). The highest BCUT2D eigenvalue weighted by molar-refractivity contribution is 9.39. The molecule has 0 aromatic rings. The molecule has 0 fully saturated rings. The molecule has 48 valence electrons. The highest BCUT2D eigenvalue weighted by Gasteiger charge is 2.14. The Balaban J connectivity index is 3.39. The van der Waals surface area contributed by atoms with Gasteiger partial charge in [0, 0.05) is 6.42 Å². The molecule has 0 aliphatic heterocycles. The predicted molar refractivity (Wildman–Crippen MR) is 45.9 cm³/mol. The van der Waals surface area contributed by atoms with Crippen LogP contribution in [0.25, 0.3) is 0 Å². The summed E-state index contributed by atoms with van der Waals surface area (Å²) in [5, 5.41) is 8.19. The lowest BCUT2D eigenvalue weighted by Crippen LogP contribution is -1.94. The Labute approximate surface area is 73.5 Å². The SMILES string of the molecule is OC=CCC(Br)(Br)Br. The summed E-state index contributed by atoms with van der Waals surface area (Å²) in [4.78, 5) is 0. The van der Waals surface area contributed by atoms with E-state index < -0.39 is 0 Å². The van der Waals surface area contributed by atoms with Gasteiger partial charge in [0.25, 0.3) is 0 Å². The van der Waals surface area contributed by atoms with Crippen molar-refractivity contribution < 1.29 is 5.11 Å². The van der Waals surface area contributed by atoms with Gasteiger partial charge < -0.3 is 5.11 Å². The Morgan fingerprint density at radius 1 is 1.38 bits per heavy atom. The summed E-state index contributed by atoms with van der Waals surface area (Å²) in [5.74, 6) is 0. The fourth-order valence-corrected chi connectivity index (χ4v) is 0.747. The second-order valence-corrected chi connectivity index (χ2v) is 8.46. The largest absolute Gasteiger partial charge is 0.516 e. The molecular weight excluding hydrogens is 304 g/mol. The van der Waals surface area contributed by atoms with Gasteiger partial charge in [-0.3, -0.25) is 0 Å². The summed E-state index contributed by atoms with van der Waals surface area (Å²) in [5.41, 5.74) is 0. The van der Waals surface area contributed by atoms with Crippen LogP contribution in [0, 0.1) is 0 Å². The molecule has 0 radical (unpaired) electrons. The van der Waals surface area contributed by atoms with Crippen LogP contribution < -0.4 is 0 Å². The minimum absolute atomic E-state index is 0.258. The molecular formula is C4H5Br3O. The second kappa shape index (κ2) is 3.90. The van der Waals surface area contributed by atoms with Crippen molar-refractivity contribution in [1.82, 2.24) is 0 Å². The molecule has 0 unspecified atom stereocenters. The fourth-order valence-electron chi connectivity index (χ4n) is 0.186. The lowest BCUT2D eigenvalue weighted by Gasteiger charge is -2.05. The van der Waals surface area contributed by atoms with Gasteiger partial charge in [0.05, 0.1) is 6.26 Å². The van der Waals surface area contributed by atoms with Gasteiger partial charge >= 0.3 is 0 Å². The van der Waals surface area contributed by atoms with E-state index in [9.17, 15) is 0 Å². The first kappa shape index (κ1) is 8.98. The van der Waals surface area contributed by atoms with E-state index in [-0.39, 0.29) is 2.14 Å². The van der Waals surface area contributed by atoms with Crippen LogP contribution in [0.3, 0.4) is 0 Å². The van der Waals surface area contributed by atoms with E-state index in [4.69, 9.17) is 5.11 Å². The van der Waals surface area contributed by atoms with E-state index in [2.05, 4.69) is 47.8 Å². The Morgan fingerprint density at radius 2 is 1.88 bits per heavy atom. The molecule has 0 heterocycles. The molecule has 0 atom stereocenters. The Hall–Kier alpha value is 0.980. The Bertz CT molecular complexity index is 83.8. The number of aliphatic hydroxyl groups is 1. The number of allylic oxidation sites excluding steroid dienone is 1. The fraction of sp³-hybridized carbons (Fsp3) is 0.500. The lowest BCUT2D eigenvalue weighted by molar-refractivity contribution is 0.471. The molecule has 0 amide bonds. The summed E-state index contributed by atoms with van der Waals surface area (Å²) in [7, 11) is 0. The molecule has 0 aliphatic carbocycles. The average Bonchev–Trinajstić information content (AvgIpc) is 1.59. The van der Waals surface area contributed by atoms with Crippen LogP contribution in [0.1, 0.15) is 6.42 Å². The van der Waals surface area contributed by atoms with Crippen molar-refractivity contribution in [2.75, 3.05) is 0 Å². The number of halogens is 3. The number of hydrogen-bond acceptors (Lipinski definition) is 1. The second-order valence-electron chi connectivity index (χ2n) is 1.20. The predicted octanol–water partition coefficient (Wildman–Crippen LogP) is 3.29. The van der Waals surface area contributed by atoms with Gasteiger partial charge in [0.1, 0.15) is 2.14 Å². The van der Waals surface area contributed by atoms with Gasteiger partial charge in [-0.25, -0.2) is 0 Å². The third-order valence-corrected chi connectivity index (χ3v) is 1.43. The van der Waals surface area contributed by atoms with Gasteiger partial charge in [-0.2, -0.15) is 0 Å². The maximum Gasteiger partial charge on any atom is 0.138 e. The van der Waals surface area contributed by atoms with E-state index in [1.54, 1.807) is 6.08 Å². The zero-order chi connectivity index (χ0) is 6.62. The van der Waals surface area contributed by atoms with Crippen LogP contribution in [-0.4, -0.2) is 7.25 Å². The third kappa shape index (κ3) is 6.98. The van der Waals surface area contributed by atoms with Gasteiger partial charge in [0.2, 0.25) is 0 Å². The summed E-state index contributed by atoms with van der Waals surface area (Å²) in [6.07, 6.45) is 3.32. The van der Waals surface area contributed by atoms with Crippen LogP contribution in [-0.2, 0) is 0 Å². The van der Waals surface area contributed by atoms with Crippen molar-refractivity contribution in [3.05, 3.63) is 12.3 Å². The molecule has 1 nitrogen and oxygen atoms in total. The van der Waals surface area contributed by atoms with Gasteiger partial charge in [-0.1, -0.05) is 47.8 Å². The molecule has 0 spiro atoms. The van der Waals surface area contributed by atoms with Crippen LogP contribution in [0.15, 0.2) is 12.3 Å². The quantitative estimate of drug-likeness (QED) is 0.582. The van der Waals surface area contributed by atoms with Gasteiger partial charge in [0.15, 0.2) is 0 Å². The van der Waals surface area contributed by atoms with Gasteiger partial charge in [-0.15, -0.1) is 0 Å². The molecule has 0 bridgehead atoms. The van der Waals surface area contributed by atoms with E-state index in [0.717, 1.165) is 6.26 Å². The minimum Gasteiger partial charge on any atom is -0.516 e. The molecule has 0 aromatic heterocycles. The highest BCUT2D eigenvalue weighted by Crippen LogP contribution is 2.36. The first-order valence-corrected chi connectivity index (χ1v) is 4.30. The van der Waals surface area contributed by atoms with E-state index in [1.807, 2.05) is 0 Å². The Morgan fingerprint density at radius 3 is 2.00 bits per heavy atom. The van der Waals surface area contributed by atoms with Crippen molar-refractivity contribution in [1.29, 1.82) is 0 Å². The maximum atomic E-state index is 8.19. The molecule has 0 aliphatic rings. The molecule has 8 heavy (non-hydrogen) atoms. The number of hydrogen-bond donors (Lipinski definition) is 1. The minimum atomic E-state index is -0.258. The van der Waals surface area contributed by atoms with Crippen LogP contribution in [0.5, 0.6) is 0 Å². The van der Waals surface area contributed by atoms with Crippen molar-refractivity contribution >= 4 is 47.8 Å². The third-order valence-electron chi connectivity index (χ3n) is 0.455. The topological polar surface area (TPSA) is 20.2 Å². The molecule has 1 N–H and O–H groups in total. The van der Waals surface area contributed by atoms with E-state index in [0.29, 0.717) is 6.42 Å². The van der Waals surface area contributed by atoms with Crippen LogP contribution in [0.2, 0.25) is 0 Å². The summed E-state index contributed by atoms with van der Waals surface area (Å²) < 4.78 is -0.258. The molecule has 4 heteroatoms. The maximum absolute atomic E-state index is 8.19. The van der Waals surface area contributed by atoms with Crippen LogP contribution >= 0.6 is 47.8 Å². The highest BCUT2D eigenvalue weighted by atomic mass is 80.0. The summed E-state index contributed by atoms with van der Waals surface area (Å²) >= 11 is 9.75. The van der Waals surface area contributed by atoms with Crippen molar-refractivity contribution in [2.45, 2.75) is 8.56 Å². The molecule has 0 saturated carbocycles. The van der Waals surface area contributed by atoms with Crippen LogP contribution in [0.4, 0.5) is 0 Å². The number of alkyl halides is 3. The zero-order valence-electron chi connectivity index (χ0n) is 3.94. The molecule has 0 aromatic carbocycles. The summed E-state index contributed by atoms with van der Waals surface area (Å²) in [6.45, 7) is 0. The normalized spacial score (nSPS) is 12.9.